The van der Waals surface area contributed by atoms with Gasteiger partial charge in [-0.15, -0.1) is 0 Å². The Morgan fingerprint density at radius 1 is 1.47 bits per heavy atom. The summed E-state index contributed by atoms with van der Waals surface area (Å²) in [6.07, 6.45) is 1.56. The highest BCUT2D eigenvalue weighted by Gasteiger charge is 2.14. The lowest BCUT2D eigenvalue weighted by Gasteiger charge is -2.28. The number of hydrogen-bond donors (Lipinski definition) is 1. The molecule has 1 aromatic heterocycles. The Labute approximate surface area is 93.5 Å². The summed E-state index contributed by atoms with van der Waals surface area (Å²) in [6.45, 7) is 3.69. The Morgan fingerprint density at radius 2 is 2.20 bits per heavy atom. The molecule has 1 saturated heterocycles. The smallest absolute Gasteiger partial charge is 0.147 e. The molecular weight excluding hydrogens is 212 g/mol. The highest BCUT2D eigenvalue weighted by Crippen LogP contribution is 2.23. The van der Waals surface area contributed by atoms with Gasteiger partial charge in [0.05, 0.1) is 10.6 Å². The molecule has 0 bridgehead atoms. The summed E-state index contributed by atoms with van der Waals surface area (Å²) in [7, 11) is 0. The Morgan fingerprint density at radius 3 is 2.80 bits per heavy atom. The van der Waals surface area contributed by atoms with E-state index in [-0.39, 0.29) is 0 Å². The van der Waals surface area contributed by atoms with Crippen molar-refractivity contribution in [3.05, 3.63) is 22.8 Å². The number of nitrogens with one attached hydrogen (secondary N) is 1. The fourth-order valence-corrected chi connectivity index (χ4v) is 1.89. The second kappa shape index (κ2) is 4.47. The predicted octanol–water partition coefficient (Wildman–Crippen LogP) is 1.02. The zero-order valence-electron chi connectivity index (χ0n) is 8.20. The van der Waals surface area contributed by atoms with Crippen LogP contribution in [0.25, 0.3) is 0 Å². The summed E-state index contributed by atoms with van der Waals surface area (Å²) in [5, 5.41) is 12.5. The average molecular weight is 223 g/mol. The number of piperazine rings is 1. The predicted molar refractivity (Wildman–Crippen MR) is 59.0 cm³/mol. The Balaban J connectivity index is 2.24. The molecule has 15 heavy (non-hydrogen) atoms. The molecule has 1 aliphatic rings. The number of nitriles is 1. The largest absolute Gasteiger partial charge is 0.353 e. The van der Waals surface area contributed by atoms with E-state index in [4.69, 9.17) is 16.9 Å². The number of aromatic nitrogens is 1. The SMILES string of the molecule is N#Cc1cnc(N2CCNCC2)c(Cl)c1. The molecule has 0 unspecified atom stereocenters. The normalized spacial score (nSPS) is 16.1. The van der Waals surface area contributed by atoms with Gasteiger partial charge in [-0.25, -0.2) is 4.98 Å². The number of hydrogen-bond acceptors (Lipinski definition) is 4. The molecule has 0 radical (unpaired) electrons. The van der Waals surface area contributed by atoms with Crippen LogP contribution in [0.3, 0.4) is 0 Å². The number of halogens is 1. The van der Waals surface area contributed by atoms with Gasteiger partial charge in [0.1, 0.15) is 11.9 Å². The number of anilines is 1. The van der Waals surface area contributed by atoms with Crippen molar-refractivity contribution in [2.45, 2.75) is 0 Å². The summed E-state index contributed by atoms with van der Waals surface area (Å²) in [6, 6.07) is 3.68. The third kappa shape index (κ3) is 2.20. The molecule has 1 aromatic rings. The van der Waals surface area contributed by atoms with Crippen LogP contribution in [-0.2, 0) is 0 Å². The first-order chi connectivity index (χ1) is 7.31. The van der Waals surface area contributed by atoms with E-state index in [2.05, 4.69) is 15.2 Å². The number of pyridine rings is 1. The third-order valence-corrected chi connectivity index (χ3v) is 2.65. The van der Waals surface area contributed by atoms with Crippen molar-refractivity contribution < 1.29 is 0 Å². The lowest BCUT2D eigenvalue weighted by molar-refractivity contribution is 0.585. The van der Waals surface area contributed by atoms with Crippen molar-refractivity contribution in [1.82, 2.24) is 10.3 Å². The van der Waals surface area contributed by atoms with Crippen LogP contribution in [0.2, 0.25) is 5.02 Å². The molecule has 0 saturated carbocycles. The first-order valence-electron chi connectivity index (χ1n) is 4.82. The molecule has 0 spiro atoms. The minimum Gasteiger partial charge on any atom is -0.353 e. The topological polar surface area (TPSA) is 52.0 Å². The first kappa shape index (κ1) is 10.2. The second-order valence-corrected chi connectivity index (χ2v) is 3.79. The van der Waals surface area contributed by atoms with Crippen molar-refractivity contribution >= 4 is 17.4 Å². The van der Waals surface area contributed by atoms with Crippen molar-refractivity contribution in [3.63, 3.8) is 0 Å². The molecule has 2 rings (SSSR count). The van der Waals surface area contributed by atoms with Crippen LogP contribution in [-0.4, -0.2) is 31.2 Å². The molecule has 1 N–H and O–H groups in total. The lowest BCUT2D eigenvalue weighted by Crippen LogP contribution is -2.44. The third-order valence-electron chi connectivity index (χ3n) is 2.37. The van der Waals surface area contributed by atoms with Gasteiger partial charge in [-0.05, 0) is 6.07 Å². The standard InChI is InChI=1S/C10H11ClN4/c11-9-5-8(6-12)7-14-10(9)15-3-1-13-2-4-15/h5,7,13H,1-4H2. The van der Waals surface area contributed by atoms with Gasteiger partial charge in [0, 0.05) is 32.4 Å². The maximum Gasteiger partial charge on any atom is 0.147 e. The molecule has 78 valence electrons. The number of nitrogens with zero attached hydrogens (tertiary/aromatic N) is 3. The zero-order valence-corrected chi connectivity index (χ0v) is 8.96. The fraction of sp³-hybridized carbons (Fsp3) is 0.400. The van der Waals surface area contributed by atoms with Crippen molar-refractivity contribution in [3.8, 4) is 6.07 Å². The van der Waals surface area contributed by atoms with Gasteiger partial charge < -0.3 is 10.2 Å². The van der Waals surface area contributed by atoms with Gasteiger partial charge in [-0.1, -0.05) is 11.6 Å². The van der Waals surface area contributed by atoms with E-state index in [9.17, 15) is 0 Å². The molecule has 0 aliphatic carbocycles. The van der Waals surface area contributed by atoms with Gasteiger partial charge in [0.15, 0.2) is 0 Å². The molecule has 0 atom stereocenters. The van der Waals surface area contributed by atoms with Gasteiger partial charge in [-0.2, -0.15) is 5.26 Å². The van der Waals surface area contributed by atoms with Crippen LogP contribution in [0.5, 0.6) is 0 Å². The lowest BCUT2D eigenvalue weighted by atomic mass is 10.3. The van der Waals surface area contributed by atoms with Crippen molar-refractivity contribution in [2.75, 3.05) is 31.1 Å². The van der Waals surface area contributed by atoms with E-state index in [0.29, 0.717) is 10.6 Å². The molecule has 5 heteroatoms. The van der Waals surface area contributed by atoms with Crippen LogP contribution in [0, 0.1) is 11.3 Å². The molecular formula is C10H11ClN4. The van der Waals surface area contributed by atoms with Gasteiger partial charge in [0.25, 0.3) is 0 Å². The van der Waals surface area contributed by atoms with Gasteiger partial charge in [0.2, 0.25) is 0 Å². The summed E-state index contributed by atoms with van der Waals surface area (Å²) in [5.74, 6) is 0.775. The quantitative estimate of drug-likeness (QED) is 0.771. The van der Waals surface area contributed by atoms with Crippen molar-refractivity contribution in [2.24, 2.45) is 0 Å². The molecule has 1 aliphatic heterocycles. The summed E-state index contributed by atoms with van der Waals surface area (Å²) >= 11 is 6.07. The summed E-state index contributed by atoms with van der Waals surface area (Å²) < 4.78 is 0. The van der Waals surface area contributed by atoms with E-state index in [1.807, 2.05) is 6.07 Å². The molecule has 4 nitrogen and oxygen atoms in total. The monoisotopic (exact) mass is 222 g/mol. The summed E-state index contributed by atoms with van der Waals surface area (Å²) in [4.78, 5) is 6.34. The van der Waals surface area contributed by atoms with Crippen LogP contribution in [0.1, 0.15) is 5.56 Å². The van der Waals surface area contributed by atoms with E-state index >= 15 is 0 Å². The highest BCUT2D eigenvalue weighted by molar-refractivity contribution is 6.33. The molecule has 1 fully saturated rings. The van der Waals surface area contributed by atoms with Crippen LogP contribution < -0.4 is 10.2 Å². The number of rotatable bonds is 1. The zero-order chi connectivity index (χ0) is 10.7. The van der Waals surface area contributed by atoms with E-state index in [1.54, 1.807) is 12.3 Å². The first-order valence-corrected chi connectivity index (χ1v) is 5.20. The fourth-order valence-electron chi connectivity index (χ4n) is 1.60. The van der Waals surface area contributed by atoms with Crippen LogP contribution >= 0.6 is 11.6 Å². The van der Waals surface area contributed by atoms with Crippen molar-refractivity contribution in [1.29, 1.82) is 5.26 Å². The van der Waals surface area contributed by atoms with E-state index in [1.165, 1.54) is 0 Å². The highest BCUT2D eigenvalue weighted by atomic mass is 35.5. The van der Waals surface area contributed by atoms with E-state index in [0.717, 1.165) is 32.0 Å². The van der Waals surface area contributed by atoms with Gasteiger partial charge in [-0.3, -0.25) is 0 Å². The minimum absolute atomic E-state index is 0.499. The maximum atomic E-state index is 8.69. The Bertz CT molecular complexity index is 393. The molecule has 2 heterocycles. The maximum absolute atomic E-state index is 8.69. The minimum atomic E-state index is 0.499. The second-order valence-electron chi connectivity index (χ2n) is 3.38. The van der Waals surface area contributed by atoms with Crippen LogP contribution in [0.4, 0.5) is 5.82 Å². The Kier molecular flexibility index (Phi) is 3.05. The van der Waals surface area contributed by atoms with E-state index < -0.39 is 0 Å². The molecule has 0 amide bonds. The summed E-state index contributed by atoms with van der Waals surface area (Å²) in [5.41, 5.74) is 0.499. The Hall–Kier alpha value is -1.31. The molecule has 0 aromatic carbocycles. The van der Waals surface area contributed by atoms with Crippen LogP contribution in [0.15, 0.2) is 12.3 Å². The average Bonchev–Trinajstić information content (AvgIpc) is 2.30. The van der Waals surface area contributed by atoms with Gasteiger partial charge >= 0.3 is 0 Å².